The molecular formula is C23H25N5O5. The monoisotopic (exact) mass is 451 g/mol. The zero-order chi connectivity index (χ0) is 23.6. The van der Waals surface area contributed by atoms with Crippen LogP contribution in [0.5, 0.6) is 0 Å². The number of ether oxygens (including phenoxy) is 2. The van der Waals surface area contributed by atoms with Crippen LogP contribution < -0.4 is 11.5 Å². The van der Waals surface area contributed by atoms with E-state index in [0.717, 1.165) is 5.56 Å². The summed E-state index contributed by atoms with van der Waals surface area (Å²) in [5.41, 5.74) is 12.2. The molecule has 0 bridgehead atoms. The van der Waals surface area contributed by atoms with Crippen molar-refractivity contribution in [1.29, 1.82) is 5.26 Å². The molecule has 4 rings (SSSR count). The Morgan fingerprint density at radius 3 is 2.76 bits per heavy atom. The van der Waals surface area contributed by atoms with Crippen molar-refractivity contribution < 1.29 is 24.5 Å². The first-order valence-corrected chi connectivity index (χ1v) is 10.5. The quantitative estimate of drug-likeness (QED) is 0.368. The van der Waals surface area contributed by atoms with Gasteiger partial charge in [-0.05, 0) is 30.2 Å². The number of nitrogens with zero attached hydrogens (tertiary/aromatic N) is 3. The number of nitrogen functional groups attached to an aromatic ring is 1. The number of aliphatic hydroxyl groups is 2. The first kappa shape index (κ1) is 22.7. The van der Waals surface area contributed by atoms with Crippen molar-refractivity contribution in [2.24, 2.45) is 5.73 Å². The van der Waals surface area contributed by atoms with Gasteiger partial charge in [0.1, 0.15) is 31.0 Å². The molecular weight excluding hydrogens is 426 g/mol. The SMILES string of the molecule is N#C[C@@]1(c2ccc3c(N)ccnn23)O[C@H](COC(=O)C[C@@H](N)Cc2ccccc2)[C@@H](O)[C@H]1O. The van der Waals surface area contributed by atoms with Crippen LogP contribution in [0.3, 0.4) is 0 Å². The van der Waals surface area contributed by atoms with E-state index < -0.39 is 35.9 Å². The molecule has 172 valence electrons. The van der Waals surface area contributed by atoms with Gasteiger partial charge in [-0.2, -0.15) is 10.4 Å². The third-order valence-corrected chi connectivity index (χ3v) is 5.77. The van der Waals surface area contributed by atoms with Gasteiger partial charge < -0.3 is 31.2 Å². The fourth-order valence-electron chi connectivity index (χ4n) is 4.07. The van der Waals surface area contributed by atoms with Crippen LogP contribution in [0.25, 0.3) is 5.52 Å². The Hall–Kier alpha value is -3.49. The highest BCUT2D eigenvalue weighted by Gasteiger charge is 2.57. The van der Waals surface area contributed by atoms with Crippen molar-refractivity contribution in [1.82, 2.24) is 9.61 Å². The number of aromatic nitrogens is 2. The summed E-state index contributed by atoms with van der Waals surface area (Å²) >= 11 is 0. The standard InChI is InChI=1S/C23H25N5O5/c24-13-23(19-7-6-17-16(26)8-9-27-28(17)19)22(31)21(30)18(33-23)12-32-20(29)11-15(25)10-14-4-2-1-3-5-14/h1-9,15,18,21-22,30-31H,10-12,25-26H2/t15-,18+,21+,22+,23-/m0/s1. The average molecular weight is 451 g/mol. The van der Waals surface area contributed by atoms with Gasteiger partial charge in [0.15, 0.2) is 0 Å². The Balaban J connectivity index is 1.43. The molecule has 0 unspecified atom stereocenters. The number of esters is 1. The van der Waals surface area contributed by atoms with E-state index in [1.165, 1.54) is 10.7 Å². The molecule has 3 aromatic rings. The molecule has 10 nitrogen and oxygen atoms in total. The molecule has 1 aromatic carbocycles. The van der Waals surface area contributed by atoms with Crippen molar-refractivity contribution in [3.8, 4) is 6.07 Å². The van der Waals surface area contributed by atoms with E-state index in [1.54, 1.807) is 18.2 Å². The summed E-state index contributed by atoms with van der Waals surface area (Å²) in [6, 6.07) is 15.8. The minimum absolute atomic E-state index is 0.0316. The first-order chi connectivity index (χ1) is 15.9. The predicted octanol–water partition coefficient (Wildman–Crippen LogP) is 0.259. The van der Waals surface area contributed by atoms with E-state index in [1.807, 2.05) is 36.4 Å². The summed E-state index contributed by atoms with van der Waals surface area (Å²) in [5, 5.41) is 35.4. The van der Waals surface area contributed by atoms with Crippen LogP contribution in [0.2, 0.25) is 0 Å². The number of rotatable bonds is 7. The Bertz CT molecular complexity index is 1180. The summed E-state index contributed by atoms with van der Waals surface area (Å²) in [6.45, 7) is -0.350. The number of carbonyl (C=O) groups excluding carboxylic acids is 1. The van der Waals surface area contributed by atoms with Gasteiger partial charge in [0.05, 0.1) is 23.3 Å². The van der Waals surface area contributed by atoms with Gasteiger partial charge in [0, 0.05) is 12.2 Å². The average Bonchev–Trinajstić information content (AvgIpc) is 3.34. The largest absolute Gasteiger partial charge is 0.463 e. The minimum Gasteiger partial charge on any atom is -0.463 e. The molecule has 0 saturated carbocycles. The summed E-state index contributed by atoms with van der Waals surface area (Å²) in [4.78, 5) is 12.3. The smallest absolute Gasteiger partial charge is 0.307 e. The first-order valence-electron chi connectivity index (χ1n) is 10.5. The fourth-order valence-corrected chi connectivity index (χ4v) is 4.07. The van der Waals surface area contributed by atoms with Crippen LogP contribution in [-0.2, 0) is 26.3 Å². The highest BCUT2D eigenvalue weighted by molar-refractivity contribution is 5.70. The molecule has 0 aliphatic carbocycles. The Kier molecular flexibility index (Phi) is 6.31. The molecule has 0 amide bonds. The van der Waals surface area contributed by atoms with Crippen LogP contribution in [0.1, 0.15) is 17.7 Å². The lowest BCUT2D eigenvalue weighted by Gasteiger charge is -2.24. The van der Waals surface area contributed by atoms with Crippen LogP contribution in [-0.4, -0.2) is 56.8 Å². The van der Waals surface area contributed by atoms with Gasteiger partial charge in [0.25, 0.3) is 0 Å². The molecule has 2 aromatic heterocycles. The number of nitriles is 1. The molecule has 6 N–H and O–H groups in total. The van der Waals surface area contributed by atoms with E-state index in [-0.39, 0.29) is 18.7 Å². The van der Waals surface area contributed by atoms with Crippen molar-refractivity contribution in [2.75, 3.05) is 12.3 Å². The van der Waals surface area contributed by atoms with Gasteiger partial charge >= 0.3 is 5.97 Å². The number of carbonyl (C=O) groups is 1. The number of hydrogen-bond acceptors (Lipinski definition) is 9. The highest BCUT2D eigenvalue weighted by Crippen LogP contribution is 2.40. The van der Waals surface area contributed by atoms with Gasteiger partial charge in [-0.1, -0.05) is 30.3 Å². The molecule has 0 radical (unpaired) electrons. The third-order valence-electron chi connectivity index (χ3n) is 5.77. The maximum absolute atomic E-state index is 12.3. The molecule has 1 fully saturated rings. The number of aliphatic hydroxyl groups excluding tert-OH is 2. The van der Waals surface area contributed by atoms with Crippen LogP contribution in [0, 0.1) is 11.3 Å². The minimum atomic E-state index is -1.92. The normalized spacial score (nSPS) is 25.6. The zero-order valence-electron chi connectivity index (χ0n) is 17.7. The van der Waals surface area contributed by atoms with Crippen molar-refractivity contribution in [3.63, 3.8) is 0 Å². The van der Waals surface area contributed by atoms with Crippen LogP contribution in [0.4, 0.5) is 5.69 Å². The van der Waals surface area contributed by atoms with Gasteiger partial charge in [-0.15, -0.1) is 0 Å². The van der Waals surface area contributed by atoms with E-state index in [0.29, 0.717) is 17.6 Å². The molecule has 3 heterocycles. The Morgan fingerprint density at radius 1 is 1.27 bits per heavy atom. The number of nitrogens with two attached hydrogens (primary N) is 2. The van der Waals surface area contributed by atoms with E-state index in [4.69, 9.17) is 20.9 Å². The Morgan fingerprint density at radius 2 is 2.03 bits per heavy atom. The molecule has 1 aliphatic heterocycles. The molecule has 1 aliphatic rings. The van der Waals surface area contributed by atoms with Crippen molar-refractivity contribution >= 4 is 17.2 Å². The highest BCUT2D eigenvalue weighted by atomic mass is 16.6. The van der Waals surface area contributed by atoms with Crippen molar-refractivity contribution in [3.05, 3.63) is 66.0 Å². The predicted molar refractivity (Wildman–Crippen MR) is 117 cm³/mol. The number of hydrogen-bond donors (Lipinski definition) is 4. The Labute approximate surface area is 189 Å². The summed E-state index contributed by atoms with van der Waals surface area (Å²) < 4.78 is 12.4. The number of fused-ring (bicyclic) bond motifs is 1. The molecule has 0 spiro atoms. The second-order valence-corrected chi connectivity index (χ2v) is 8.08. The van der Waals surface area contributed by atoms with Gasteiger partial charge in [-0.3, -0.25) is 4.79 Å². The lowest BCUT2D eigenvalue weighted by molar-refractivity contribution is -0.151. The number of benzene rings is 1. The van der Waals surface area contributed by atoms with E-state index >= 15 is 0 Å². The van der Waals surface area contributed by atoms with E-state index in [2.05, 4.69) is 5.10 Å². The van der Waals surface area contributed by atoms with E-state index in [9.17, 15) is 20.3 Å². The third kappa shape index (κ3) is 4.27. The van der Waals surface area contributed by atoms with Crippen LogP contribution in [0.15, 0.2) is 54.7 Å². The van der Waals surface area contributed by atoms with Gasteiger partial charge in [-0.25, -0.2) is 4.52 Å². The molecule has 1 saturated heterocycles. The molecule has 10 heteroatoms. The molecule has 33 heavy (non-hydrogen) atoms. The maximum atomic E-state index is 12.3. The van der Waals surface area contributed by atoms with Crippen LogP contribution >= 0.6 is 0 Å². The molecule has 5 atom stereocenters. The summed E-state index contributed by atoms with van der Waals surface area (Å²) in [7, 11) is 0. The summed E-state index contributed by atoms with van der Waals surface area (Å²) in [6.07, 6.45) is -2.27. The van der Waals surface area contributed by atoms with Gasteiger partial charge in [0.2, 0.25) is 5.60 Å². The zero-order valence-corrected chi connectivity index (χ0v) is 17.7. The summed E-state index contributed by atoms with van der Waals surface area (Å²) in [5.74, 6) is -0.569. The lowest BCUT2D eigenvalue weighted by atomic mass is 9.92. The fraction of sp³-hybridized carbons (Fsp3) is 0.348. The second kappa shape index (κ2) is 9.17. The lowest BCUT2D eigenvalue weighted by Crippen LogP contribution is -2.41. The second-order valence-electron chi connectivity index (χ2n) is 8.08. The number of anilines is 1. The topological polar surface area (TPSA) is 169 Å². The maximum Gasteiger partial charge on any atom is 0.307 e. The van der Waals surface area contributed by atoms with Crippen molar-refractivity contribution in [2.45, 2.75) is 42.8 Å².